The number of aliphatic carboxylic acids is 1. The number of morpholine rings is 1. The molecule has 0 saturated carbocycles. The number of carbonyl (C=O) groups is 2. The van der Waals surface area contributed by atoms with E-state index in [2.05, 4.69) is 26.3 Å². The molecule has 29 heavy (non-hydrogen) atoms. The van der Waals surface area contributed by atoms with E-state index in [1.807, 2.05) is 0 Å². The van der Waals surface area contributed by atoms with Crippen LogP contribution < -0.4 is 10.4 Å². The number of ether oxygens (including phenoxy) is 1. The fourth-order valence-corrected chi connectivity index (χ4v) is 4.21. The summed E-state index contributed by atoms with van der Waals surface area (Å²) in [4.78, 5) is 23.0. The highest BCUT2D eigenvalue weighted by atomic mass is 16.5. The molecule has 0 bridgehead atoms. The fourth-order valence-electron chi connectivity index (χ4n) is 4.21. The van der Waals surface area contributed by atoms with E-state index in [1.165, 1.54) is 57.8 Å². The number of carbonyl (C=O) groups excluding carboxylic acids is 2. The summed E-state index contributed by atoms with van der Waals surface area (Å²) in [6.07, 6.45) is 14.0. The van der Waals surface area contributed by atoms with Crippen LogP contribution in [0.5, 0.6) is 0 Å². The summed E-state index contributed by atoms with van der Waals surface area (Å²) >= 11 is 0. The average molecular weight is 413 g/mol. The zero-order valence-electron chi connectivity index (χ0n) is 19.0. The summed E-state index contributed by atoms with van der Waals surface area (Å²) in [5.74, 6) is -1.02. The minimum Gasteiger partial charge on any atom is -0.550 e. The van der Waals surface area contributed by atoms with Gasteiger partial charge in [0, 0.05) is 25.4 Å². The molecule has 0 spiro atoms. The molecule has 2 atom stereocenters. The third-order valence-corrected chi connectivity index (χ3v) is 5.71. The predicted molar refractivity (Wildman–Crippen MR) is 114 cm³/mol. The molecule has 1 aliphatic rings. The Labute approximate surface area is 178 Å². The van der Waals surface area contributed by atoms with Crippen molar-refractivity contribution in [3.63, 3.8) is 0 Å². The Morgan fingerprint density at radius 3 is 1.97 bits per heavy atom. The van der Waals surface area contributed by atoms with Crippen molar-refractivity contribution in [3.8, 4) is 0 Å². The van der Waals surface area contributed by atoms with Gasteiger partial charge in [0.05, 0.1) is 14.1 Å². The maximum atomic E-state index is 12.1. The molecule has 1 N–H and O–H groups in total. The summed E-state index contributed by atoms with van der Waals surface area (Å²) in [6, 6.07) is 0. The van der Waals surface area contributed by atoms with Gasteiger partial charge in [-0.15, -0.1) is 0 Å². The summed E-state index contributed by atoms with van der Waals surface area (Å²) < 4.78 is 6.53. The second-order valence-corrected chi connectivity index (χ2v) is 9.35. The van der Waals surface area contributed by atoms with Crippen molar-refractivity contribution in [1.82, 2.24) is 5.32 Å². The van der Waals surface area contributed by atoms with Crippen LogP contribution in [0.2, 0.25) is 0 Å². The lowest BCUT2D eigenvalue weighted by Crippen LogP contribution is -2.59. The second-order valence-electron chi connectivity index (χ2n) is 9.35. The van der Waals surface area contributed by atoms with Gasteiger partial charge in [0.15, 0.2) is 0 Å². The molecule has 0 aromatic heterocycles. The van der Waals surface area contributed by atoms with Crippen LogP contribution in [0.1, 0.15) is 90.4 Å². The van der Waals surface area contributed by atoms with Crippen LogP contribution in [-0.4, -0.2) is 62.3 Å². The molecule has 6 heteroatoms. The van der Waals surface area contributed by atoms with Crippen LogP contribution >= 0.6 is 0 Å². The molecule has 0 aromatic carbocycles. The normalized spacial score (nSPS) is 21.1. The molecule has 170 valence electrons. The molecule has 0 radical (unpaired) electrons. The Hall–Kier alpha value is -1.14. The van der Waals surface area contributed by atoms with Gasteiger partial charge < -0.3 is 24.4 Å². The van der Waals surface area contributed by atoms with Gasteiger partial charge in [-0.2, -0.15) is 0 Å². The van der Waals surface area contributed by atoms with Gasteiger partial charge in [-0.3, -0.25) is 4.79 Å². The van der Waals surface area contributed by atoms with E-state index in [9.17, 15) is 14.7 Å². The molecular weight excluding hydrogens is 368 g/mol. The molecule has 0 aliphatic carbocycles. The van der Waals surface area contributed by atoms with Gasteiger partial charge in [0.2, 0.25) is 5.91 Å². The topological polar surface area (TPSA) is 78.5 Å². The zero-order valence-corrected chi connectivity index (χ0v) is 19.0. The second kappa shape index (κ2) is 14.8. The molecule has 6 nitrogen and oxygen atoms in total. The van der Waals surface area contributed by atoms with Crippen LogP contribution in [0, 0.1) is 0 Å². The van der Waals surface area contributed by atoms with E-state index >= 15 is 0 Å². The van der Waals surface area contributed by atoms with Gasteiger partial charge in [-0.25, -0.2) is 0 Å². The van der Waals surface area contributed by atoms with Gasteiger partial charge in [-0.1, -0.05) is 71.1 Å². The van der Waals surface area contributed by atoms with Crippen LogP contribution in [0.3, 0.4) is 0 Å². The highest BCUT2D eigenvalue weighted by Crippen LogP contribution is 2.17. The Balaban J connectivity index is 2.05. The standard InChI is InChI=1S/C23H44N2O4/c1-4-5-6-7-8-9-10-11-12-13-14-15-22(26)24-17-21-19-25(2,3)18-20(29-21)16-23(27)28/h20-21H,4-19H2,1-3H3,(H-,24,26,27,28)/t20-,21+/m1/s1. The molecule has 1 aliphatic heterocycles. The number of hydrogen-bond acceptors (Lipinski definition) is 4. The van der Waals surface area contributed by atoms with E-state index in [0.717, 1.165) is 19.4 Å². The first kappa shape index (κ1) is 25.9. The number of unbranched alkanes of at least 4 members (excludes halogenated alkanes) is 10. The average Bonchev–Trinajstić information content (AvgIpc) is 2.62. The zero-order chi connectivity index (χ0) is 21.5. The Kier molecular flexibility index (Phi) is 13.2. The van der Waals surface area contributed by atoms with E-state index in [1.54, 1.807) is 0 Å². The molecule has 0 aromatic rings. The SMILES string of the molecule is CCCCCCCCCCCCCC(=O)NC[C@H]1C[N+](C)(C)C[C@@H](CC(=O)[O-])O1. The minimum atomic E-state index is -1.09. The lowest BCUT2D eigenvalue weighted by Gasteiger charge is -2.42. The smallest absolute Gasteiger partial charge is 0.220 e. The van der Waals surface area contributed by atoms with Gasteiger partial charge in [0.25, 0.3) is 0 Å². The maximum absolute atomic E-state index is 12.1. The highest BCUT2D eigenvalue weighted by Gasteiger charge is 2.34. The number of nitrogens with one attached hydrogen (secondary N) is 1. The molecule has 1 amide bonds. The summed E-state index contributed by atoms with van der Waals surface area (Å²) in [5.41, 5.74) is 0. The number of likely N-dealkylation sites (N-methyl/N-ethyl adjacent to an activating group) is 1. The highest BCUT2D eigenvalue weighted by molar-refractivity contribution is 5.75. The number of carboxylic acid groups (broad SMARTS) is 1. The first-order valence-corrected chi connectivity index (χ1v) is 11.8. The number of nitrogens with zero attached hydrogens (tertiary/aromatic N) is 1. The maximum Gasteiger partial charge on any atom is 0.220 e. The molecule has 0 unspecified atom stereocenters. The summed E-state index contributed by atoms with van der Waals surface area (Å²) in [7, 11) is 4.12. The Morgan fingerprint density at radius 1 is 0.897 bits per heavy atom. The third-order valence-electron chi connectivity index (χ3n) is 5.71. The van der Waals surface area contributed by atoms with Crippen molar-refractivity contribution in [3.05, 3.63) is 0 Å². The van der Waals surface area contributed by atoms with Gasteiger partial charge in [0.1, 0.15) is 25.3 Å². The molecule has 1 heterocycles. The van der Waals surface area contributed by atoms with Crippen molar-refractivity contribution in [2.24, 2.45) is 0 Å². The van der Waals surface area contributed by atoms with Crippen molar-refractivity contribution >= 4 is 11.9 Å². The van der Waals surface area contributed by atoms with E-state index in [4.69, 9.17) is 4.74 Å². The molecule has 1 rings (SSSR count). The van der Waals surface area contributed by atoms with Crippen LogP contribution in [-0.2, 0) is 14.3 Å². The number of amides is 1. The van der Waals surface area contributed by atoms with Crippen molar-refractivity contribution in [2.45, 2.75) is 103 Å². The third kappa shape index (κ3) is 13.7. The van der Waals surface area contributed by atoms with Crippen LogP contribution in [0.15, 0.2) is 0 Å². The number of rotatable bonds is 16. The molecular formula is C23H44N2O4. The number of hydrogen-bond donors (Lipinski definition) is 1. The van der Waals surface area contributed by atoms with E-state index < -0.39 is 5.97 Å². The van der Waals surface area contributed by atoms with E-state index in [-0.39, 0.29) is 24.5 Å². The van der Waals surface area contributed by atoms with Gasteiger partial charge in [-0.05, 0) is 6.42 Å². The lowest BCUT2D eigenvalue weighted by molar-refractivity contribution is -0.905. The Bertz CT molecular complexity index is 468. The van der Waals surface area contributed by atoms with E-state index in [0.29, 0.717) is 24.0 Å². The monoisotopic (exact) mass is 412 g/mol. The van der Waals surface area contributed by atoms with Gasteiger partial charge >= 0.3 is 0 Å². The predicted octanol–water partition coefficient (Wildman–Crippen LogP) is 2.79. The fraction of sp³-hybridized carbons (Fsp3) is 0.913. The van der Waals surface area contributed by atoms with Crippen molar-refractivity contribution in [2.75, 3.05) is 33.7 Å². The molecule has 1 saturated heterocycles. The summed E-state index contributed by atoms with van der Waals surface area (Å²) in [5, 5.41) is 13.8. The summed E-state index contributed by atoms with van der Waals surface area (Å²) in [6.45, 7) is 4.11. The largest absolute Gasteiger partial charge is 0.550 e. The van der Waals surface area contributed by atoms with Crippen molar-refractivity contribution < 1.29 is 23.9 Å². The number of carboxylic acids is 1. The van der Waals surface area contributed by atoms with Crippen LogP contribution in [0.4, 0.5) is 0 Å². The minimum absolute atomic E-state index is 0.0665. The van der Waals surface area contributed by atoms with Crippen LogP contribution in [0.25, 0.3) is 0 Å². The first-order valence-electron chi connectivity index (χ1n) is 11.8. The lowest BCUT2D eigenvalue weighted by atomic mass is 10.1. The van der Waals surface area contributed by atoms with Crippen molar-refractivity contribution in [1.29, 1.82) is 0 Å². The Morgan fingerprint density at radius 2 is 1.41 bits per heavy atom. The molecule has 1 fully saturated rings. The number of quaternary nitrogens is 1. The first-order chi connectivity index (χ1) is 13.8. The quantitative estimate of drug-likeness (QED) is 0.312.